The second-order valence-corrected chi connectivity index (χ2v) is 5.33. The van der Waals surface area contributed by atoms with Gasteiger partial charge in [0.1, 0.15) is 5.75 Å². The number of aryl methyl sites for hydroxylation is 2. The second kappa shape index (κ2) is 6.18. The van der Waals surface area contributed by atoms with Crippen LogP contribution in [0.3, 0.4) is 0 Å². The van der Waals surface area contributed by atoms with Crippen LogP contribution in [-0.2, 0) is 19.9 Å². The first-order valence-electron chi connectivity index (χ1n) is 6.28. The van der Waals surface area contributed by atoms with Crippen molar-refractivity contribution in [2.24, 2.45) is 12.9 Å². The zero-order valence-corrected chi connectivity index (χ0v) is 12.3. The van der Waals surface area contributed by atoms with E-state index < -0.39 is 0 Å². The van der Waals surface area contributed by atoms with Crippen LogP contribution in [0.1, 0.15) is 29.2 Å². The zero-order valence-electron chi connectivity index (χ0n) is 11.5. The Balaban J connectivity index is 2.21. The minimum Gasteiger partial charge on any atom is -0.496 e. The van der Waals surface area contributed by atoms with Crippen LogP contribution in [0.25, 0.3) is 0 Å². The maximum absolute atomic E-state index is 5.70. The highest BCUT2D eigenvalue weighted by Gasteiger charge is 2.19. The van der Waals surface area contributed by atoms with Crippen molar-refractivity contribution in [2.45, 2.75) is 25.8 Å². The molecule has 0 saturated heterocycles. The molecule has 1 atom stereocenters. The van der Waals surface area contributed by atoms with E-state index in [-0.39, 0.29) is 6.04 Å². The molecule has 0 amide bonds. The van der Waals surface area contributed by atoms with Gasteiger partial charge in [-0.25, -0.2) is 0 Å². The van der Waals surface area contributed by atoms with E-state index in [2.05, 4.69) is 23.5 Å². The highest BCUT2D eigenvalue weighted by molar-refractivity contribution is 7.10. The normalized spacial score (nSPS) is 12.6. The molecule has 0 aliphatic heterocycles. The summed E-state index contributed by atoms with van der Waals surface area (Å²) in [6.45, 7) is 2.10. The van der Waals surface area contributed by atoms with Gasteiger partial charge in [-0.1, -0.05) is 6.92 Å². The van der Waals surface area contributed by atoms with Gasteiger partial charge in [-0.15, -0.1) is 11.3 Å². The highest BCUT2D eigenvalue weighted by Crippen LogP contribution is 2.32. The summed E-state index contributed by atoms with van der Waals surface area (Å²) in [5, 5.41) is 6.47. The summed E-state index contributed by atoms with van der Waals surface area (Å²) < 4.78 is 7.27. The van der Waals surface area contributed by atoms with E-state index in [0.29, 0.717) is 0 Å². The number of nitrogens with one attached hydrogen (secondary N) is 1. The lowest BCUT2D eigenvalue weighted by Crippen LogP contribution is -2.29. The van der Waals surface area contributed by atoms with Gasteiger partial charge in [-0.05, 0) is 23.9 Å². The van der Waals surface area contributed by atoms with Crippen molar-refractivity contribution >= 4 is 11.3 Å². The van der Waals surface area contributed by atoms with E-state index in [1.165, 1.54) is 0 Å². The zero-order chi connectivity index (χ0) is 13.8. The van der Waals surface area contributed by atoms with E-state index in [1.807, 2.05) is 23.2 Å². The van der Waals surface area contributed by atoms with Crippen molar-refractivity contribution in [3.8, 4) is 5.75 Å². The van der Waals surface area contributed by atoms with E-state index in [0.717, 1.165) is 34.9 Å². The monoisotopic (exact) mass is 280 g/mol. The number of ether oxygens (including phenoxy) is 1. The summed E-state index contributed by atoms with van der Waals surface area (Å²) in [6, 6.07) is 4.13. The second-order valence-electron chi connectivity index (χ2n) is 4.38. The minimum absolute atomic E-state index is 0.0371. The van der Waals surface area contributed by atoms with Crippen molar-refractivity contribution < 1.29 is 4.74 Å². The van der Waals surface area contributed by atoms with E-state index in [1.54, 1.807) is 18.4 Å². The molecule has 0 spiro atoms. The van der Waals surface area contributed by atoms with Crippen molar-refractivity contribution in [3.05, 3.63) is 33.8 Å². The molecule has 3 N–H and O–H groups in total. The van der Waals surface area contributed by atoms with E-state index in [9.17, 15) is 0 Å². The fourth-order valence-corrected chi connectivity index (χ4v) is 3.02. The van der Waals surface area contributed by atoms with Crippen molar-refractivity contribution in [1.82, 2.24) is 15.2 Å². The molecule has 2 aromatic heterocycles. The first-order valence-corrected chi connectivity index (χ1v) is 7.16. The topological polar surface area (TPSA) is 65.1 Å². The maximum Gasteiger partial charge on any atom is 0.134 e. The molecule has 0 radical (unpaired) electrons. The Kier molecular flexibility index (Phi) is 4.57. The average molecular weight is 280 g/mol. The van der Waals surface area contributed by atoms with Gasteiger partial charge in [0, 0.05) is 19.2 Å². The van der Waals surface area contributed by atoms with Gasteiger partial charge in [0.2, 0.25) is 0 Å². The molecule has 2 heterocycles. The Bertz CT molecular complexity index is 534. The first-order chi connectivity index (χ1) is 9.19. The van der Waals surface area contributed by atoms with Gasteiger partial charge in [-0.3, -0.25) is 16.0 Å². The Morgan fingerprint density at radius 2 is 2.37 bits per heavy atom. The number of nitrogens with two attached hydrogens (primary N) is 1. The van der Waals surface area contributed by atoms with Crippen LogP contribution in [0.4, 0.5) is 0 Å². The van der Waals surface area contributed by atoms with Gasteiger partial charge >= 0.3 is 0 Å². The summed E-state index contributed by atoms with van der Waals surface area (Å²) in [7, 11) is 3.64. The molecule has 0 fully saturated rings. The molecule has 6 heteroatoms. The molecule has 5 nitrogen and oxygen atoms in total. The number of rotatable bonds is 6. The fourth-order valence-electron chi connectivity index (χ4n) is 2.10. The Hall–Kier alpha value is -1.37. The molecule has 19 heavy (non-hydrogen) atoms. The summed E-state index contributed by atoms with van der Waals surface area (Å²) in [6.07, 6.45) is 1.73. The lowest BCUT2D eigenvalue weighted by molar-refractivity contribution is 0.402. The predicted molar refractivity (Wildman–Crippen MR) is 77.2 cm³/mol. The molecule has 2 aromatic rings. The van der Waals surface area contributed by atoms with Crippen LogP contribution in [0.15, 0.2) is 17.5 Å². The molecule has 0 saturated carbocycles. The first kappa shape index (κ1) is 14.0. The molecule has 2 rings (SSSR count). The lowest BCUT2D eigenvalue weighted by Gasteiger charge is -2.15. The van der Waals surface area contributed by atoms with Crippen LogP contribution in [0.5, 0.6) is 5.75 Å². The van der Waals surface area contributed by atoms with Crippen LogP contribution in [-0.4, -0.2) is 16.9 Å². The van der Waals surface area contributed by atoms with Crippen LogP contribution >= 0.6 is 11.3 Å². The number of hydrogen-bond acceptors (Lipinski definition) is 5. The maximum atomic E-state index is 5.70. The van der Waals surface area contributed by atoms with Gasteiger partial charge in [0.25, 0.3) is 0 Å². The van der Waals surface area contributed by atoms with Crippen LogP contribution in [0, 0.1) is 0 Å². The Morgan fingerprint density at radius 1 is 1.58 bits per heavy atom. The van der Waals surface area contributed by atoms with Gasteiger partial charge < -0.3 is 4.74 Å². The third-order valence-electron chi connectivity index (χ3n) is 3.20. The minimum atomic E-state index is 0.0371. The number of hydrogen-bond donors (Lipinski definition) is 2. The number of hydrazine groups is 1. The predicted octanol–water partition coefficient (Wildman–Crippen LogP) is 1.80. The lowest BCUT2D eigenvalue weighted by atomic mass is 10.1. The van der Waals surface area contributed by atoms with Crippen LogP contribution in [0.2, 0.25) is 0 Å². The van der Waals surface area contributed by atoms with Crippen molar-refractivity contribution in [3.63, 3.8) is 0 Å². The largest absolute Gasteiger partial charge is 0.496 e. The molecule has 0 aliphatic carbocycles. The van der Waals surface area contributed by atoms with E-state index in [4.69, 9.17) is 10.6 Å². The van der Waals surface area contributed by atoms with Gasteiger partial charge in [-0.2, -0.15) is 5.10 Å². The third-order valence-corrected chi connectivity index (χ3v) is 4.21. The summed E-state index contributed by atoms with van der Waals surface area (Å²) in [5.74, 6) is 6.58. The number of nitrogens with zero attached hydrogens (tertiary/aromatic N) is 2. The standard InChI is InChI=1S/C13H20N4OS/c1-4-9-7-10(17(2)16-9)8-11(15-14)13-12(18-3)5-6-19-13/h5-7,11,15H,4,8,14H2,1-3H3. The molecule has 0 aliphatic rings. The molecular formula is C13H20N4OS. The Morgan fingerprint density at radius 3 is 2.95 bits per heavy atom. The van der Waals surface area contributed by atoms with Crippen LogP contribution < -0.4 is 16.0 Å². The number of aromatic nitrogens is 2. The fraction of sp³-hybridized carbons (Fsp3) is 0.462. The molecule has 104 valence electrons. The Labute approximate surface area is 117 Å². The summed E-state index contributed by atoms with van der Waals surface area (Å²) >= 11 is 1.65. The molecular weight excluding hydrogens is 260 g/mol. The molecule has 0 bridgehead atoms. The van der Waals surface area contributed by atoms with Crippen molar-refractivity contribution in [2.75, 3.05) is 7.11 Å². The summed E-state index contributed by atoms with van der Waals surface area (Å²) in [5.41, 5.74) is 5.14. The van der Waals surface area contributed by atoms with Crippen molar-refractivity contribution in [1.29, 1.82) is 0 Å². The smallest absolute Gasteiger partial charge is 0.134 e. The van der Waals surface area contributed by atoms with Gasteiger partial charge in [0.05, 0.1) is 23.7 Å². The summed E-state index contributed by atoms with van der Waals surface area (Å²) in [4.78, 5) is 1.12. The third kappa shape index (κ3) is 2.97. The molecule has 1 unspecified atom stereocenters. The SMILES string of the molecule is CCc1cc(CC(NN)c2sccc2OC)n(C)n1. The molecule has 0 aromatic carbocycles. The number of methoxy groups -OCH3 is 1. The van der Waals surface area contributed by atoms with E-state index >= 15 is 0 Å². The quantitative estimate of drug-likeness (QED) is 0.625. The highest BCUT2D eigenvalue weighted by atomic mass is 32.1. The number of thiophene rings is 1. The van der Waals surface area contributed by atoms with Gasteiger partial charge in [0.15, 0.2) is 0 Å². The average Bonchev–Trinajstić information content (AvgIpc) is 3.02.